The maximum atomic E-state index is 12.4. The Balaban J connectivity index is 1.85. The molecule has 0 saturated carbocycles. The van der Waals surface area contributed by atoms with Crippen LogP contribution < -0.4 is 15.8 Å². The van der Waals surface area contributed by atoms with Crippen molar-refractivity contribution in [3.63, 3.8) is 0 Å². The summed E-state index contributed by atoms with van der Waals surface area (Å²) in [6, 6.07) is 0. The molecule has 1 aromatic heterocycles. The Morgan fingerprint density at radius 1 is 1.33 bits per heavy atom. The van der Waals surface area contributed by atoms with E-state index in [0.29, 0.717) is 22.2 Å². The van der Waals surface area contributed by atoms with Crippen molar-refractivity contribution in [2.24, 2.45) is 11.8 Å². The minimum Gasteiger partial charge on any atom is -0.368 e. The van der Waals surface area contributed by atoms with Gasteiger partial charge in [0.15, 0.2) is 0 Å². The third-order valence-corrected chi connectivity index (χ3v) is 4.38. The van der Waals surface area contributed by atoms with E-state index in [4.69, 9.17) is 11.6 Å². The molecule has 2 fully saturated rings. The molecular formula is C12H14ClF3N4O. The van der Waals surface area contributed by atoms with Crippen molar-refractivity contribution in [1.82, 2.24) is 15.1 Å². The molecule has 0 radical (unpaired) electrons. The Kier molecular flexibility index (Phi) is 3.61. The van der Waals surface area contributed by atoms with Crippen LogP contribution in [0.5, 0.6) is 0 Å². The second-order valence-corrected chi connectivity index (χ2v) is 5.88. The number of anilines is 1. The van der Waals surface area contributed by atoms with Crippen LogP contribution in [-0.4, -0.2) is 42.1 Å². The molecule has 21 heavy (non-hydrogen) atoms. The van der Waals surface area contributed by atoms with Gasteiger partial charge in [0.1, 0.15) is 11.6 Å². The molecule has 2 atom stereocenters. The maximum absolute atomic E-state index is 12.4. The molecule has 0 aliphatic carbocycles. The van der Waals surface area contributed by atoms with Crippen molar-refractivity contribution in [3.05, 3.63) is 21.6 Å². The van der Waals surface area contributed by atoms with Gasteiger partial charge in [0.25, 0.3) is 5.56 Å². The summed E-state index contributed by atoms with van der Waals surface area (Å²) in [5, 5.41) is 6.70. The molecule has 0 spiro atoms. The van der Waals surface area contributed by atoms with Crippen molar-refractivity contribution >= 4 is 17.3 Å². The highest BCUT2D eigenvalue weighted by atomic mass is 35.5. The van der Waals surface area contributed by atoms with Gasteiger partial charge in [0.2, 0.25) is 0 Å². The van der Waals surface area contributed by atoms with Crippen LogP contribution >= 0.6 is 11.6 Å². The molecule has 2 aliphatic heterocycles. The first-order chi connectivity index (χ1) is 9.85. The van der Waals surface area contributed by atoms with Gasteiger partial charge in [-0.05, 0) is 11.8 Å². The molecule has 9 heteroatoms. The summed E-state index contributed by atoms with van der Waals surface area (Å²) in [6.07, 6.45) is -3.25. The van der Waals surface area contributed by atoms with Crippen LogP contribution in [0.1, 0.15) is 0 Å². The zero-order valence-corrected chi connectivity index (χ0v) is 11.8. The topological polar surface area (TPSA) is 50.2 Å². The van der Waals surface area contributed by atoms with E-state index in [2.05, 4.69) is 10.4 Å². The Hall–Kier alpha value is -1.28. The third kappa shape index (κ3) is 2.87. The number of halogens is 4. The fraction of sp³-hybridized carbons (Fsp3) is 0.667. The molecule has 116 valence electrons. The summed E-state index contributed by atoms with van der Waals surface area (Å²) in [5.41, 5.74) is -0.476. The Morgan fingerprint density at radius 3 is 2.52 bits per heavy atom. The van der Waals surface area contributed by atoms with Crippen LogP contribution in [-0.2, 0) is 6.54 Å². The average molecular weight is 323 g/mol. The van der Waals surface area contributed by atoms with E-state index in [1.807, 2.05) is 4.90 Å². The van der Waals surface area contributed by atoms with Gasteiger partial charge in [-0.15, -0.1) is 0 Å². The highest BCUT2D eigenvalue weighted by Gasteiger charge is 2.37. The van der Waals surface area contributed by atoms with E-state index in [1.165, 1.54) is 6.20 Å². The van der Waals surface area contributed by atoms with Gasteiger partial charge in [-0.1, -0.05) is 11.6 Å². The summed E-state index contributed by atoms with van der Waals surface area (Å²) in [7, 11) is 0. The Morgan fingerprint density at radius 2 is 1.95 bits per heavy atom. The van der Waals surface area contributed by atoms with Gasteiger partial charge >= 0.3 is 6.18 Å². The second-order valence-electron chi connectivity index (χ2n) is 5.51. The zero-order valence-electron chi connectivity index (χ0n) is 11.0. The Labute approximate surface area is 123 Å². The molecule has 2 aliphatic rings. The quantitative estimate of drug-likeness (QED) is 0.886. The number of alkyl halides is 3. The predicted molar refractivity (Wildman–Crippen MR) is 71.6 cm³/mol. The number of hydrogen-bond donors (Lipinski definition) is 1. The lowest BCUT2D eigenvalue weighted by Gasteiger charge is -2.21. The largest absolute Gasteiger partial charge is 0.408 e. The molecule has 0 bridgehead atoms. The molecule has 2 unspecified atom stereocenters. The fourth-order valence-corrected chi connectivity index (χ4v) is 3.28. The number of nitrogens with one attached hydrogen (secondary N) is 1. The van der Waals surface area contributed by atoms with Crippen LogP contribution in [0.4, 0.5) is 18.9 Å². The smallest absolute Gasteiger partial charge is 0.368 e. The van der Waals surface area contributed by atoms with Gasteiger partial charge in [0.05, 0.1) is 11.9 Å². The summed E-state index contributed by atoms with van der Waals surface area (Å²) in [4.78, 5) is 13.8. The fourth-order valence-electron chi connectivity index (χ4n) is 3.01. The molecule has 3 heterocycles. The first kappa shape index (κ1) is 14.6. The van der Waals surface area contributed by atoms with E-state index in [0.717, 1.165) is 26.2 Å². The van der Waals surface area contributed by atoms with Crippen LogP contribution in [0, 0.1) is 11.8 Å². The van der Waals surface area contributed by atoms with E-state index < -0.39 is 18.3 Å². The first-order valence-electron chi connectivity index (χ1n) is 6.63. The second kappa shape index (κ2) is 5.17. The van der Waals surface area contributed by atoms with Gasteiger partial charge in [-0.25, -0.2) is 4.68 Å². The van der Waals surface area contributed by atoms with Gasteiger partial charge in [0, 0.05) is 26.2 Å². The number of aromatic nitrogens is 2. The van der Waals surface area contributed by atoms with Crippen LogP contribution in [0.15, 0.2) is 11.0 Å². The maximum Gasteiger partial charge on any atom is 0.408 e. The van der Waals surface area contributed by atoms with Crippen molar-refractivity contribution in [2.75, 3.05) is 31.1 Å². The van der Waals surface area contributed by atoms with Gasteiger partial charge < -0.3 is 10.2 Å². The van der Waals surface area contributed by atoms with E-state index in [-0.39, 0.29) is 5.02 Å². The van der Waals surface area contributed by atoms with Crippen LogP contribution in [0.25, 0.3) is 0 Å². The van der Waals surface area contributed by atoms with Crippen molar-refractivity contribution in [1.29, 1.82) is 0 Å². The monoisotopic (exact) mass is 322 g/mol. The lowest BCUT2D eigenvalue weighted by Crippen LogP contribution is -2.33. The van der Waals surface area contributed by atoms with Crippen molar-refractivity contribution in [3.8, 4) is 0 Å². The number of fused-ring (bicyclic) bond motifs is 1. The van der Waals surface area contributed by atoms with E-state index in [1.54, 1.807) is 0 Å². The summed E-state index contributed by atoms with van der Waals surface area (Å²) >= 11 is 5.97. The van der Waals surface area contributed by atoms with E-state index >= 15 is 0 Å². The first-order valence-corrected chi connectivity index (χ1v) is 7.01. The molecule has 0 amide bonds. The number of hydrogen-bond acceptors (Lipinski definition) is 4. The Bertz CT molecular complexity index is 591. The lowest BCUT2D eigenvalue weighted by molar-refractivity contribution is -0.143. The van der Waals surface area contributed by atoms with Crippen LogP contribution in [0.2, 0.25) is 5.02 Å². The predicted octanol–water partition coefficient (Wildman–Crippen LogP) is 1.11. The molecule has 1 aromatic rings. The van der Waals surface area contributed by atoms with Gasteiger partial charge in [-0.3, -0.25) is 4.79 Å². The van der Waals surface area contributed by atoms with Crippen molar-refractivity contribution in [2.45, 2.75) is 12.7 Å². The van der Waals surface area contributed by atoms with Crippen molar-refractivity contribution < 1.29 is 13.2 Å². The molecule has 3 rings (SSSR count). The number of rotatable bonds is 2. The summed E-state index contributed by atoms with van der Waals surface area (Å²) in [6.45, 7) is 1.87. The highest BCUT2D eigenvalue weighted by molar-refractivity contribution is 6.33. The normalized spacial score (nSPS) is 25.4. The molecule has 2 saturated heterocycles. The molecule has 5 nitrogen and oxygen atoms in total. The zero-order chi connectivity index (χ0) is 15.2. The SMILES string of the molecule is O=c1c(Cl)c(N2CC3CNCC3C2)cnn1CC(F)(F)F. The molecule has 1 N–H and O–H groups in total. The summed E-state index contributed by atoms with van der Waals surface area (Å²) in [5.74, 6) is 0.970. The third-order valence-electron chi connectivity index (χ3n) is 4.03. The molecule has 0 aromatic carbocycles. The standard InChI is InChI=1S/C12H14ClF3N4O/c13-10-9(19-4-7-1-17-2-8(7)5-19)3-18-20(11(10)21)6-12(14,15)16/h3,7-8,17H,1-2,4-6H2. The average Bonchev–Trinajstić information content (AvgIpc) is 2.94. The van der Waals surface area contributed by atoms with Gasteiger partial charge in [-0.2, -0.15) is 18.3 Å². The molecular weight excluding hydrogens is 309 g/mol. The lowest BCUT2D eigenvalue weighted by atomic mass is 10.0. The number of nitrogens with zero attached hydrogens (tertiary/aromatic N) is 3. The minimum absolute atomic E-state index is 0.192. The van der Waals surface area contributed by atoms with Crippen LogP contribution in [0.3, 0.4) is 0 Å². The highest BCUT2D eigenvalue weighted by Crippen LogP contribution is 2.32. The minimum atomic E-state index is -4.50. The summed E-state index contributed by atoms with van der Waals surface area (Å²) < 4.78 is 37.4. The van der Waals surface area contributed by atoms with E-state index in [9.17, 15) is 18.0 Å².